The molecule has 0 spiro atoms. The molecule has 1 aromatic heterocycles. The summed E-state index contributed by atoms with van der Waals surface area (Å²) in [6, 6.07) is -0.135. The van der Waals surface area contributed by atoms with Gasteiger partial charge in [-0.25, -0.2) is 8.42 Å². The van der Waals surface area contributed by atoms with Crippen LogP contribution in [0.25, 0.3) is 0 Å². The van der Waals surface area contributed by atoms with Gasteiger partial charge in [0.2, 0.25) is 0 Å². The summed E-state index contributed by atoms with van der Waals surface area (Å²) in [5.41, 5.74) is -4.16. The van der Waals surface area contributed by atoms with Crippen LogP contribution in [-0.4, -0.2) is 66.7 Å². The third-order valence-electron chi connectivity index (χ3n) is 4.27. The van der Waals surface area contributed by atoms with Gasteiger partial charge in [-0.2, -0.15) is 22.6 Å². The molecule has 0 amide bonds. The van der Waals surface area contributed by atoms with Crippen LogP contribution in [0.1, 0.15) is 24.8 Å². The fourth-order valence-corrected chi connectivity index (χ4v) is 3.80. The number of sulfonamides is 1. The lowest BCUT2D eigenvalue weighted by atomic mass is 10.1. The molecule has 0 bridgehead atoms. The highest BCUT2D eigenvalue weighted by Crippen LogP contribution is 2.28. The number of nitrogens with one attached hydrogen (secondary N) is 2. The minimum Gasteiger partial charge on any atom is -0.356 e. The maximum Gasteiger partial charge on any atom is 0.511 e. The summed E-state index contributed by atoms with van der Waals surface area (Å²) in [5.74, 6) is 0.545. The Morgan fingerprint density at radius 1 is 1.37 bits per heavy atom. The first-order chi connectivity index (χ1) is 12.6. The van der Waals surface area contributed by atoms with E-state index < -0.39 is 15.5 Å². The molecule has 0 unspecified atom stereocenters. The van der Waals surface area contributed by atoms with Crippen LogP contribution >= 0.6 is 0 Å². The Bertz CT molecular complexity index is 739. The van der Waals surface area contributed by atoms with E-state index in [1.165, 1.54) is 0 Å². The number of aliphatic imine (C=N–C) groups is 1. The summed E-state index contributed by atoms with van der Waals surface area (Å²) >= 11 is 0. The van der Waals surface area contributed by atoms with Crippen molar-refractivity contribution in [2.45, 2.75) is 44.3 Å². The van der Waals surface area contributed by atoms with Crippen LogP contribution in [0.2, 0.25) is 0 Å². The zero-order chi connectivity index (χ0) is 20.1. The van der Waals surface area contributed by atoms with Crippen LogP contribution in [-0.2, 0) is 16.6 Å². The fraction of sp³-hybridized carbons (Fsp3) is 0.733. The Labute approximate surface area is 156 Å². The quantitative estimate of drug-likeness (QED) is 0.416. The lowest BCUT2D eigenvalue weighted by Gasteiger charge is -2.32. The lowest BCUT2D eigenvalue weighted by molar-refractivity contribution is -0.0494. The van der Waals surface area contributed by atoms with Crippen LogP contribution in [0.3, 0.4) is 0 Å². The maximum absolute atomic E-state index is 12.6. The van der Waals surface area contributed by atoms with Crippen molar-refractivity contribution >= 4 is 16.0 Å². The largest absolute Gasteiger partial charge is 0.511 e. The van der Waals surface area contributed by atoms with Gasteiger partial charge < -0.3 is 10.6 Å². The minimum atomic E-state index is -5.25. The normalized spacial score (nSPS) is 17.9. The van der Waals surface area contributed by atoms with Crippen LogP contribution in [0.5, 0.6) is 0 Å². The average Bonchev–Trinajstić information content (AvgIpc) is 3.02. The van der Waals surface area contributed by atoms with Crippen molar-refractivity contribution in [3.63, 3.8) is 0 Å². The summed E-state index contributed by atoms with van der Waals surface area (Å²) in [4.78, 5) is 4.10. The molecule has 2 rings (SSSR count). The number of alkyl halides is 3. The molecule has 0 atom stereocenters. The topological polar surface area (TPSA) is 91.6 Å². The van der Waals surface area contributed by atoms with Crippen LogP contribution in [0.4, 0.5) is 13.2 Å². The fourth-order valence-electron chi connectivity index (χ4n) is 2.81. The highest BCUT2D eigenvalue weighted by atomic mass is 32.2. The van der Waals surface area contributed by atoms with Crippen molar-refractivity contribution in [1.29, 1.82) is 0 Å². The first-order valence-electron chi connectivity index (χ1n) is 8.66. The summed E-state index contributed by atoms with van der Waals surface area (Å²) < 4.78 is 63.0. The van der Waals surface area contributed by atoms with Gasteiger partial charge in [0.25, 0.3) is 0 Å². The number of piperidine rings is 1. The van der Waals surface area contributed by atoms with Crippen LogP contribution in [0.15, 0.2) is 17.4 Å². The van der Waals surface area contributed by atoms with Crippen molar-refractivity contribution in [2.24, 2.45) is 4.99 Å². The number of aromatic nitrogens is 2. The Morgan fingerprint density at radius 3 is 2.56 bits per heavy atom. The van der Waals surface area contributed by atoms with E-state index in [-0.39, 0.29) is 32.0 Å². The molecule has 8 nitrogen and oxygen atoms in total. The predicted molar refractivity (Wildman–Crippen MR) is 95.6 cm³/mol. The molecule has 1 aliphatic heterocycles. The van der Waals surface area contributed by atoms with Gasteiger partial charge in [-0.05, 0) is 31.7 Å². The van der Waals surface area contributed by atoms with E-state index in [0.717, 1.165) is 18.5 Å². The molecule has 0 aliphatic carbocycles. The SMILES string of the molecule is CN=C(NCCCn1cc(C)cn1)NC1CCN(S(=O)(=O)C(F)(F)F)CC1. The molecule has 1 aromatic rings. The predicted octanol–water partition coefficient (Wildman–Crippen LogP) is 1.06. The van der Waals surface area contributed by atoms with Crippen molar-refractivity contribution in [3.05, 3.63) is 18.0 Å². The van der Waals surface area contributed by atoms with E-state index >= 15 is 0 Å². The number of hydrogen-bond donors (Lipinski definition) is 2. The van der Waals surface area contributed by atoms with E-state index in [1.54, 1.807) is 13.2 Å². The van der Waals surface area contributed by atoms with E-state index in [4.69, 9.17) is 0 Å². The third-order valence-corrected chi connectivity index (χ3v) is 5.90. The zero-order valence-corrected chi connectivity index (χ0v) is 16.1. The second kappa shape index (κ2) is 8.91. The molecular formula is C15H25F3N6O2S. The van der Waals surface area contributed by atoms with Gasteiger partial charge in [-0.3, -0.25) is 9.67 Å². The minimum absolute atomic E-state index is 0.135. The number of guanidine groups is 1. The molecule has 0 aromatic carbocycles. The van der Waals surface area contributed by atoms with Crippen molar-refractivity contribution < 1.29 is 21.6 Å². The Morgan fingerprint density at radius 2 is 2.04 bits per heavy atom. The molecule has 12 heteroatoms. The highest BCUT2D eigenvalue weighted by Gasteiger charge is 2.50. The Hall–Kier alpha value is -1.82. The number of aryl methyl sites for hydroxylation is 2. The molecule has 0 radical (unpaired) electrons. The van der Waals surface area contributed by atoms with Gasteiger partial charge in [0.05, 0.1) is 6.20 Å². The van der Waals surface area contributed by atoms with E-state index in [1.807, 2.05) is 17.8 Å². The Kier molecular flexibility index (Phi) is 7.09. The van der Waals surface area contributed by atoms with E-state index in [2.05, 4.69) is 20.7 Å². The number of halogens is 3. The second-order valence-electron chi connectivity index (χ2n) is 6.40. The summed E-state index contributed by atoms with van der Waals surface area (Å²) in [6.45, 7) is 3.04. The van der Waals surface area contributed by atoms with Gasteiger partial charge in [-0.1, -0.05) is 0 Å². The van der Waals surface area contributed by atoms with Crippen molar-refractivity contribution in [3.8, 4) is 0 Å². The summed E-state index contributed by atoms with van der Waals surface area (Å²) in [6.07, 6.45) is 5.13. The third kappa shape index (κ3) is 5.83. The number of hydrogen-bond acceptors (Lipinski definition) is 4. The van der Waals surface area contributed by atoms with E-state index in [9.17, 15) is 21.6 Å². The zero-order valence-electron chi connectivity index (χ0n) is 15.3. The average molecular weight is 410 g/mol. The monoisotopic (exact) mass is 410 g/mol. The van der Waals surface area contributed by atoms with Crippen molar-refractivity contribution in [1.82, 2.24) is 24.7 Å². The van der Waals surface area contributed by atoms with Crippen molar-refractivity contribution in [2.75, 3.05) is 26.7 Å². The number of rotatable bonds is 6. The van der Waals surface area contributed by atoms with E-state index in [0.29, 0.717) is 16.8 Å². The first kappa shape index (κ1) is 21.5. The molecule has 154 valence electrons. The Balaban J connectivity index is 1.73. The van der Waals surface area contributed by atoms with Gasteiger partial charge >= 0.3 is 15.5 Å². The van der Waals surface area contributed by atoms with Gasteiger partial charge in [0, 0.05) is 45.5 Å². The second-order valence-corrected chi connectivity index (χ2v) is 8.33. The highest BCUT2D eigenvalue weighted by molar-refractivity contribution is 7.90. The van der Waals surface area contributed by atoms with Gasteiger partial charge in [0.15, 0.2) is 5.96 Å². The molecular weight excluding hydrogens is 385 g/mol. The summed E-state index contributed by atoms with van der Waals surface area (Å²) in [5, 5.41) is 10.5. The van der Waals surface area contributed by atoms with Crippen LogP contribution in [0, 0.1) is 6.92 Å². The molecule has 1 fully saturated rings. The molecule has 2 N–H and O–H groups in total. The molecule has 1 saturated heterocycles. The standard InChI is InChI=1S/C15H25F3N6O2S/c1-12-10-21-23(11-12)7-3-6-20-14(19-2)22-13-4-8-24(9-5-13)27(25,26)15(16,17)18/h10-11,13H,3-9H2,1-2H3,(H2,19,20,22). The molecule has 0 saturated carbocycles. The smallest absolute Gasteiger partial charge is 0.356 e. The van der Waals surface area contributed by atoms with Gasteiger partial charge in [-0.15, -0.1) is 0 Å². The molecule has 1 aliphatic rings. The summed E-state index contributed by atoms with van der Waals surface area (Å²) in [7, 11) is -3.64. The number of nitrogens with zero attached hydrogens (tertiary/aromatic N) is 4. The molecule has 27 heavy (non-hydrogen) atoms. The lowest BCUT2D eigenvalue weighted by Crippen LogP contribution is -2.51. The van der Waals surface area contributed by atoms with Gasteiger partial charge in [0.1, 0.15) is 0 Å². The first-order valence-corrected chi connectivity index (χ1v) is 10.1. The van der Waals surface area contributed by atoms with Crippen LogP contribution < -0.4 is 10.6 Å². The maximum atomic E-state index is 12.6. The molecule has 2 heterocycles.